The third-order valence-corrected chi connectivity index (χ3v) is 7.86. The van der Waals surface area contributed by atoms with Gasteiger partial charge in [-0.3, -0.25) is 4.79 Å². The Balaban J connectivity index is 1.99. The van der Waals surface area contributed by atoms with Crippen LogP contribution in [0.3, 0.4) is 0 Å². The molecule has 1 aliphatic heterocycles. The van der Waals surface area contributed by atoms with Crippen molar-refractivity contribution in [2.75, 3.05) is 4.90 Å². The quantitative estimate of drug-likeness (QED) is 0.551. The van der Waals surface area contributed by atoms with Gasteiger partial charge in [-0.1, -0.05) is 66.7 Å². The number of anilines is 1. The molecule has 0 unspecified atom stereocenters. The molecule has 0 saturated heterocycles. The number of sulfone groups is 1. The van der Waals surface area contributed by atoms with E-state index < -0.39 is 32.2 Å². The minimum Gasteiger partial charge on any atom is -0.443 e. The van der Waals surface area contributed by atoms with Gasteiger partial charge in [-0.2, -0.15) is 0 Å². The Morgan fingerprint density at radius 2 is 1.42 bits per heavy atom. The van der Waals surface area contributed by atoms with Crippen LogP contribution in [0.4, 0.5) is 10.5 Å². The summed E-state index contributed by atoms with van der Waals surface area (Å²) in [5.74, 6) is -0.842. The third kappa shape index (κ3) is 3.82. The summed E-state index contributed by atoms with van der Waals surface area (Å²) in [4.78, 5) is 28.1. The fourth-order valence-corrected chi connectivity index (χ4v) is 6.17. The van der Waals surface area contributed by atoms with E-state index in [4.69, 9.17) is 4.74 Å². The molecule has 0 fully saturated rings. The molecule has 1 heterocycles. The average Bonchev–Trinajstić information content (AvgIpc) is 3.03. The number of carbonyl (C=O) groups excluding carboxylic acids is 2. The minimum atomic E-state index is -4.27. The Hall–Kier alpha value is -3.45. The van der Waals surface area contributed by atoms with Gasteiger partial charge in [-0.05, 0) is 44.5 Å². The number of hydrogen-bond acceptors (Lipinski definition) is 5. The summed E-state index contributed by atoms with van der Waals surface area (Å²) in [7, 11) is -4.27. The van der Waals surface area contributed by atoms with Crippen molar-refractivity contribution in [2.24, 2.45) is 0 Å². The first-order valence-corrected chi connectivity index (χ1v) is 12.1. The van der Waals surface area contributed by atoms with E-state index >= 15 is 0 Å². The molecule has 1 aliphatic rings. The van der Waals surface area contributed by atoms with Gasteiger partial charge in [0.1, 0.15) is 5.60 Å². The largest absolute Gasteiger partial charge is 0.443 e. The summed E-state index contributed by atoms with van der Waals surface area (Å²) >= 11 is 0. The first-order chi connectivity index (χ1) is 15.6. The number of fused-ring (bicyclic) bond motifs is 1. The van der Waals surface area contributed by atoms with Crippen molar-refractivity contribution in [3.05, 3.63) is 96.1 Å². The summed E-state index contributed by atoms with van der Waals surface area (Å²) in [6, 6.07) is 23.3. The summed E-state index contributed by atoms with van der Waals surface area (Å²) < 4.78 is 31.8. The zero-order valence-electron chi connectivity index (χ0n) is 18.7. The van der Waals surface area contributed by atoms with Crippen LogP contribution in [0.5, 0.6) is 0 Å². The van der Waals surface area contributed by atoms with E-state index in [1.807, 2.05) is 6.07 Å². The molecule has 0 N–H and O–H groups in total. The summed E-state index contributed by atoms with van der Waals surface area (Å²) in [6.45, 7) is 5.07. The maximum absolute atomic E-state index is 14.2. The molecule has 0 saturated carbocycles. The predicted molar refractivity (Wildman–Crippen MR) is 126 cm³/mol. The van der Waals surface area contributed by atoms with Gasteiger partial charge in [0.2, 0.25) is 0 Å². The fraction of sp³-hybridized carbons (Fsp3) is 0.231. The van der Waals surface area contributed by atoms with Crippen molar-refractivity contribution in [3.8, 4) is 0 Å². The van der Waals surface area contributed by atoms with Gasteiger partial charge in [0.05, 0.1) is 10.6 Å². The SMILES string of the molecule is CC(C)(C)OC(=O)N1C(=O)[C@](Cc2ccccc2)(S(=O)(=O)c2ccccc2)c2ccccc21. The maximum atomic E-state index is 14.2. The second-order valence-electron chi connectivity index (χ2n) is 8.94. The number of ether oxygens (including phenoxy) is 1. The Labute approximate surface area is 193 Å². The summed E-state index contributed by atoms with van der Waals surface area (Å²) in [5.41, 5.74) is 0.266. The second-order valence-corrected chi connectivity index (χ2v) is 11.1. The molecule has 1 atom stereocenters. The van der Waals surface area contributed by atoms with Crippen LogP contribution in [0.2, 0.25) is 0 Å². The van der Waals surface area contributed by atoms with Crippen LogP contribution < -0.4 is 4.90 Å². The molecule has 2 amide bonds. The van der Waals surface area contributed by atoms with Crippen LogP contribution in [0.15, 0.2) is 89.8 Å². The Morgan fingerprint density at radius 3 is 2.03 bits per heavy atom. The van der Waals surface area contributed by atoms with E-state index in [1.54, 1.807) is 87.5 Å². The lowest BCUT2D eigenvalue weighted by molar-refractivity contribution is -0.120. The standard InChI is InChI=1S/C26H25NO5S/c1-25(2,3)32-24(29)27-22-17-11-10-16-21(22)26(23(27)28,18-19-12-6-4-7-13-19)33(30,31)20-14-8-5-9-15-20/h4-17H,18H2,1-3H3/t26-/m1/s1. The normalized spacial score (nSPS) is 18.2. The highest BCUT2D eigenvalue weighted by Gasteiger charge is 2.62. The van der Waals surface area contributed by atoms with Crippen LogP contribution in [-0.4, -0.2) is 26.0 Å². The summed E-state index contributed by atoms with van der Waals surface area (Å²) in [6.07, 6.45) is -1.03. The molecule has 6 nitrogen and oxygen atoms in total. The minimum absolute atomic E-state index is 0.00937. The monoisotopic (exact) mass is 463 g/mol. The highest BCUT2D eigenvalue weighted by Crippen LogP contribution is 2.50. The van der Waals surface area contributed by atoms with Gasteiger partial charge in [-0.25, -0.2) is 18.1 Å². The number of para-hydroxylation sites is 1. The Morgan fingerprint density at radius 1 is 0.879 bits per heavy atom. The molecule has 7 heteroatoms. The topological polar surface area (TPSA) is 80.8 Å². The third-order valence-electron chi connectivity index (χ3n) is 5.51. The van der Waals surface area contributed by atoms with Gasteiger partial charge in [-0.15, -0.1) is 0 Å². The van der Waals surface area contributed by atoms with Gasteiger partial charge in [0.15, 0.2) is 14.6 Å². The van der Waals surface area contributed by atoms with E-state index in [9.17, 15) is 18.0 Å². The van der Waals surface area contributed by atoms with E-state index in [0.717, 1.165) is 4.90 Å². The average molecular weight is 464 g/mol. The van der Waals surface area contributed by atoms with Gasteiger partial charge in [0.25, 0.3) is 5.91 Å². The smallest absolute Gasteiger partial charge is 0.421 e. The lowest BCUT2D eigenvalue weighted by Crippen LogP contribution is -2.50. The molecular weight excluding hydrogens is 438 g/mol. The molecule has 33 heavy (non-hydrogen) atoms. The number of imide groups is 1. The highest BCUT2D eigenvalue weighted by atomic mass is 32.2. The molecule has 0 aliphatic carbocycles. The Kier molecular flexibility index (Phi) is 5.62. The van der Waals surface area contributed by atoms with Crippen LogP contribution in [0.1, 0.15) is 31.9 Å². The first-order valence-electron chi connectivity index (χ1n) is 10.6. The zero-order valence-corrected chi connectivity index (χ0v) is 19.5. The van der Waals surface area contributed by atoms with E-state index in [1.165, 1.54) is 12.1 Å². The van der Waals surface area contributed by atoms with E-state index in [0.29, 0.717) is 5.56 Å². The number of amides is 2. The molecule has 0 radical (unpaired) electrons. The van der Waals surface area contributed by atoms with Gasteiger partial charge >= 0.3 is 6.09 Å². The van der Waals surface area contributed by atoms with E-state index in [2.05, 4.69) is 0 Å². The van der Waals surface area contributed by atoms with Gasteiger partial charge < -0.3 is 4.74 Å². The van der Waals surface area contributed by atoms with Crippen molar-refractivity contribution in [1.82, 2.24) is 0 Å². The number of carbonyl (C=O) groups is 2. The molecule has 0 spiro atoms. The number of rotatable bonds is 4. The molecule has 0 aromatic heterocycles. The van der Waals surface area contributed by atoms with Crippen LogP contribution >= 0.6 is 0 Å². The predicted octanol–water partition coefficient (Wildman–Crippen LogP) is 4.88. The van der Waals surface area contributed by atoms with Gasteiger partial charge in [0, 0.05) is 12.0 Å². The number of benzene rings is 3. The van der Waals surface area contributed by atoms with Crippen molar-refractivity contribution < 1.29 is 22.7 Å². The molecular formula is C26H25NO5S. The van der Waals surface area contributed by atoms with Crippen LogP contribution in [-0.2, 0) is 30.5 Å². The van der Waals surface area contributed by atoms with Crippen molar-refractivity contribution in [1.29, 1.82) is 0 Å². The maximum Gasteiger partial charge on any atom is 0.421 e. The first kappa shape index (κ1) is 22.7. The van der Waals surface area contributed by atoms with Crippen molar-refractivity contribution >= 4 is 27.5 Å². The molecule has 0 bridgehead atoms. The van der Waals surface area contributed by atoms with Crippen LogP contribution in [0, 0.1) is 0 Å². The lowest BCUT2D eigenvalue weighted by atomic mass is 9.92. The van der Waals surface area contributed by atoms with Crippen molar-refractivity contribution in [2.45, 2.75) is 42.4 Å². The zero-order chi connectivity index (χ0) is 23.9. The van der Waals surface area contributed by atoms with Crippen molar-refractivity contribution in [3.63, 3.8) is 0 Å². The van der Waals surface area contributed by atoms with Crippen LogP contribution in [0.25, 0.3) is 0 Å². The molecule has 4 rings (SSSR count). The highest BCUT2D eigenvalue weighted by molar-refractivity contribution is 7.93. The second kappa shape index (κ2) is 8.15. The summed E-state index contributed by atoms with van der Waals surface area (Å²) in [5, 5.41) is 0. The number of nitrogens with zero attached hydrogens (tertiary/aromatic N) is 1. The molecule has 170 valence electrons. The number of hydrogen-bond donors (Lipinski definition) is 0. The molecule has 3 aromatic rings. The fourth-order valence-electron chi connectivity index (χ4n) is 4.11. The lowest BCUT2D eigenvalue weighted by Gasteiger charge is -2.29. The Bertz CT molecular complexity index is 1300. The molecule has 3 aromatic carbocycles. The van der Waals surface area contributed by atoms with E-state index in [-0.39, 0.29) is 22.6 Å².